The van der Waals surface area contributed by atoms with Gasteiger partial charge >= 0.3 is 0 Å². The fraction of sp³-hybridized carbons (Fsp3) is 0.480. The van der Waals surface area contributed by atoms with Crippen molar-refractivity contribution in [3.05, 3.63) is 65.7 Å². The van der Waals surface area contributed by atoms with Crippen LogP contribution in [-0.4, -0.2) is 49.2 Å². The van der Waals surface area contributed by atoms with Crippen LogP contribution in [0.4, 0.5) is 0 Å². The van der Waals surface area contributed by atoms with E-state index in [4.69, 9.17) is 0 Å². The largest absolute Gasteiger partial charge is 0.351 e. The third-order valence-electron chi connectivity index (χ3n) is 6.45. The van der Waals surface area contributed by atoms with E-state index in [0.717, 1.165) is 12.1 Å². The van der Waals surface area contributed by atoms with Gasteiger partial charge < -0.3 is 5.32 Å². The van der Waals surface area contributed by atoms with Crippen LogP contribution in [0.3, 0.4) is 0 Å². The minimum atomic E-state index is -3.67. The molecule has 6 nitrogen and oxygen atoms in total. The smallest absolute Gasteiger partial charge is 0.243 e. The van der Waals surface area contributed by atoms with E-state index in [9.17, 15) is 13.2 Å². The van der Waals surface area contributed by atoms with Crippen LogP contribution in [0.2, 0.25) is 0 Å². The Morgan fingerprint density at radius 2 is 1.50 bits per heavy atom. The number of carbonyl (C=O) groups is 1. The fourth-order valence-electron chi connectivity index (χ4n) is 4.64. The van der Waals surface area contributed by atoms with Crippen LogP contribution in [0.5, 0.6) is 0 Å². The van der Waals surface area contributed by atoms with Crippen molar-refractivity contribution in [1.82, 2.24) is 14.5 Å². The molecule has 4 rings (SSSR count). The summed E-state index contributed by atoms with van der Waals surface area (Å²) in [5.74, 6) is -0.226. The van der Waals surface area contributed by atoms with Gasteiger partial charge in [0, 0.05) is 19.6 Å². The van der Waals surface area contributed by atoms with E-state index < -0.39 is 16.1 Å². The monoisotopic (exact) mass is 455 g/mol. The number of rotatable bonds is 7. The zero-order valence-corrected chi connectivity index (χ0v) is 19.4. The third kappa shape index (κ3) is 5.57. The van der Waals surface area contributed by atoms with E-state index in [1.165, 1.54) is 48.6 Å². The van der Waals surface area contributed by atoms with Gasteiger partial charge in [-0.25, -0.2) is 8.42 Å². The number of carbonyl (C=O) groups excluding carboxylic acids is 1. The van der Waals surface area contributed by atoms with Gasteiger partial charge in [0.25, 0.3) is 0 Å². The van der Waals surface area contributed by atoms with Crippen molar-refractivity contribution in [1.29, 1.82) is 0 Å². The van der Waals surface area contributed by atoms with Gasteiger partial charge in [0.05, 0.1) is 4.90 Å². The summed E-state index contributed by atoms with van der Waals surface area (Å²) in [5, 5.41) is 2.95. The lowest BCUT2D eigenvalue weighted by Crippen LogP contribution is -2.45. The predicted octanol–water partition coefficient (Wildman–Crippen LogP) is 3.53. The summed E-state index contributed by atoms with van der Waals surface area (Å²) in [6.07, 6.45) is 6.47. The molecule has 2 saturated heterocycles. The number of hydrogen-bond donors (Lipinski definition) is 1. The molecule has 1 N–H and O–H groups in total. The first-order chi connectivity index (χ1) is 15.5. The van der Waals surface area contributed by atoms with Gasteiger partial charge in [0.1, 0.15) is 6.04 Å². The number of likely N-dealkylation sites (tertiary alicyclic amines) is 1. The molecule has 0 saturated carbocycles. The Balaban J connectivity index is 1.33. The minimum absolute atomic E-state index is 0.226. The van der Waals surface area contributed by atoms with Crippen LogP contribution in [0.25, 0.3) is 0 Å². The van der Waals surface area contributed by atoms with Crippen LogP contribution in [0, 0.1) is 0 Å². The second-order valence-electron chi connectivity index (χ2n) is 8.81. The molecule has 1 amide bonds. The lowest BCUT2D eigenvalue weighted by Gasteiger charge is -2.23. The van der Waals surface area contributed by atoms with Gasteiger partial charge in [0.2, 0.25) is 15.9 Å². The summed E-state index contributed by atoms with van der Waals surface area (Å²) in [7, 11) is -3.67. The molecule has 2 fully saturated rings. The van der Waals surface area contributed by atoms with Crippen LogP contribution >= 0.6 is 0 Å². The van der Waals surface area contributed by atoms with Crippen molar-refractivity contribution < 1.29 is 13.2 Å². The second kappa shape index (κ2) is 10.6. The van der Waals surface area contributed by atoms with Gasteiger partial charge in [-0.3, -0.25) is 9.69 Å². The number of hydrogen-bond acceptors (Lipinski definition) is 4. The normalized spacial score (nSPS) is 20.7. The Morgan fingerprint density at radius 3 is 2.19 bits per heavy atom. The van der Waals surface area contributed by atoms with E-state index >= 15 is 0 Å². The number of benzene rings is 2. The zero-order chi connectivity index (χ0) is 22.4. The minimum Gasteiger partial charge on any atom is -0.351 e. The highest BCUT2D eigenvalue weighted by Crippen LogP contribution is 2.26. The molecule has 1 atom stereocenters. The molecule has 0 bridgehead atoms. The molecule has 2 aromatic carbocycles. The zero-order valence-electron chi connectivity index (χ0n) is 18.6. The average Bonchev–Trinajstić information content (AvgIpc) is 3.19. The van der Waals surface area contributed by atoms with Crippen LogP contribution in [-0.2, 0) is 27.9 Å². The lowest BCUT2D eigenvalue weighted by molar-refractivity contribution is -0.124. The highest BCUT2D eigenvalue weighted by Gasteiger charge is 2.39. The molecule has 2 heterocycles. The first-order valence-corrected chi connectivity index (χ1v) is 13.1. The van der Waals surface area contributed by atoms with E-state index in [0.29, 0.717) is 25.9 Å². The van der Waals surface area contributed by atoms with E-state index in [1.54, 1.807) is 30.3 Å². The van der Waals surface area contributed by atoms with Gasteiger partial charge in [-0.1, -0.05) is 55.3 Å². The van der Waals surface area contributed by atoms with Crippen LogP contribution in [0.15, 0.2) is 59.5 Å². The summed E-state index contributed by atoms with van der Waals surface area (Å²) in [6.45, 7) is 4.09. The van der Waals surface area contributed by atoms with Gasteiger partial charge in [0.15, 0.2) is 0 Å². The van der Waals surface area contributed by atoms with Crippen molar-refractivity contribution in [2.45, 2.75) is 62.6 Å². The first kappa shape index (κ1) is 23.0. The second-order valence-corrected chi connectivity index (χ2v) is 10.7. The summed E-state index contributed by atoms with van der Waals surface area (Å²) in [4.78, 5) is 15.6. The maximum atomic E-state index is 13.0. The quantitative estimate of drug-likeness (QED) is 0.693. The van der Waals surface area contributed by atoms with E-state index in [1.807, 2.05) is 0 Å². The molecular formula is C25H33N3O3S. The van der Waals surface area contributed by atoms with Gasteiger partial charge in [-0.05, 0) is 62.0 Å². The molecule has 2 aliphatic heterocycles. The maximum absolute atomic E-state index is 13.0. The maximum Gasteiger partial charge on any atom is 0.243 e. The predicted molar refractivity (Wildman–Crippen MR) is 125 cm³/mol. The Labute approximate surface area is 191 Å². The standard InChI is InChI=1S/C25H33N3O3S/c29-25(24-11-8-18-28(24)32(30,31)23-9-4-3-5-10-23)26-19-21-12-14-22(15-13-21)20-27-16-6-1-2-7-17-27/h3-5,9-10,12-15,24H,1-2,6-8,11,16-20H2,(H,26,29). The molecule has 2 aliphatic rings. The fourth-order valence-corrected chi connectivity index (χ4v) is 6.32. The highest BCUT2D eigenvalue weighted by molar-refractivity contribution is 7.89. The molecule has 0 aromatic heterocycles. The topological polar surface area (TPSA) is 69.7 Å². The first-order valence-electron chi connectivity index (χ1n) is 11.7. The van der Waals surface area contributed by atoms with Crippen molar-refractivity contribution in [3.63, 3.8) is 0 Å². The average molecular weight is 456 g/mol. The Morgan fingerprint density at radius 1 is 0.844 bits per heavy atom. The van der Waals surface area contributed by atoms with E-state index in [2.05, 4.69) is 34.5 Å². The number of sulfonamides is 1. The summed E-state index contributed by atoms with van der Waals surface area (Å²) < 4.78 is 27.3. The lowest BCUT2D eigenvalue weighted by atomic mass is 10.1. The van der Waals surface area contributed by atoms with Crippen molar-refractivity contribution in [2.75, 3.05) is 19.6 Å². The molecule has 2 aromatic rings. The number of nitrogens with zero attached hydrogens (tertiary/aromatic N) is 2. The van der Waals surface area contributed by atoms with Crippen molar-refractivity contribution >= 4 is 15.9 Å². The van der Waals surface area contributed by atoms with Gasteiger partial charge in [-0.15, -0.1) is 0 Å². The highest BCUT2D eigenvalue weighted by atomic mass is 32.2. The molecule has 32 heavy (non-hydrogen) atoms. The summed E-state index contributed by atoms with van der Waals surface area (Å²) >= 11 is 0. The Bertz CT molecular complexity index is 985. The molecular weight excluding hydrogens is 422 g/mol. The molecule has 0 aliphatic carbocycles. The number of amides is 1. The van der Waals surface area contributed by atoms with Crippen molar-refractivity contribution in [3.8, 4) is 0 Å². The Hall–Kier alpha value is -2.22. The summed E-state index contributed by atoms with van der Waals surface area (Å²) in [6, 6.07) is 16.1. The third-order valence-corrected chi connectivity index (χ3v) is 8.37. The number of nitrogens with one attached hydrogen (secondary N) is 1. The Kier molecular flexibility index (Phi) is 7.60. The van der Waals surface area contributed by atoms with Crippen LogP contribution < -0.4 is 5.32 Å². The molecule has 0 spiro atoms. The summed E-state index contributed by atoms with van der Waals surface area (Å²) in [5.41, 5.74) is 2.31. The molecule has 7 heteroatoms. The van der Waals surface area contributed by atoms with Gasteiger partial charge in [-0.2, -0.15) is 4.31 Å². The van der Waals surface area contributed by atoms with Crippen LogP contribution in [0.1, 0.15) is 49.7 Å². The molecule has 0 radical (unpaired) electrons. The molecule has 1 unspecified atom stereocenters. The van der Waals surface area contributed by atoms with E-state index in [-0.39, 0.29) is 10.8 Å². The van der Waals surface area contributed by atoms with Crippen molar-refractivity contribution in [2.24, 2.45) is 0 Å². The molecule has 172 valence electrons. The SMILES string of the molecule is O=C(NCc1ccc(CN2CCCCCC2)cc1)C1CCCN1S(=O)(=O)c1ccccc1.